The molecule has 2 saturated heterocycles. The molecular formula is C28H38N5O8P. The standard InChI is InChI=1S/C28H38N5O8P/c1-3-40-28(37)32-14-12-31(13-15-32)27(36)25(19-42(38,39)41-4-2)30-26(35)24-17-21(33-11-10-22(34)18-33)16-23(29-24)20-8-6-5-7-9-20/h5-9,16-17,22,25,34H,3-4,10-15,18-19H2,1-2H3,(H,30,35)(H,38,39). The molecule has 42 heavy (non-hydrogen) atoms. The van der Waals surface area contributed by atoms with Crippen molar-refractivity contribution >= 4 is 31.2 Å². The van der Waals surface area contributed by atoms with E-state index in [9.17, 15) is 28.9 Å². The summed E-state index contributed by atoms with van der Waals surface area (Å²) < 4.78 is 22.8. The van der Waals surface area contributed by atoms with Crippen molar-refractivity contribution < 1.29 is 38.2 Å². The average Bonchev–Trinajstić information content (AvgIpc) is 3.43. The number of β-amino-alcohol motifs (C(OH)–C–C–N with tert-alkyl or cyclic N) is 1. The molecule has 3 N–H and O–H groups in total. The Bertz CT molecular complexity index is 1300. The molecule has 3 heterocycles. The molecule has 1 aromatic heterocycles. The minimum atomic E-state index is -4.23. The predicted octanol–water partition coefficient (Wildman–Crippen LogP) is 1.94. The lowest BCUT2D eigenvalue weighted by molar-refractivity contribution is -0.134. The van der Waals surface area contributed by atoms with Crippen molar-refractivity contribution in [1.82, 2.24) is 20.1 Å². The third-order valence-electron chi connectivity index (χ3n) is 7.11. The molecule has 4 rings (SSSR count). The van der Waals surface area contributed by atoms with Gasteiger partial charge in [0.05, 0.1) is 31.2 Å². The van der Waals surface area contributed by atoms with Crippen LogP contribution in [0.3, 0.4) is 0 Å². The molecule has 0 aliphatic carbocycles. The van der Waals surface area contributed by atoms with Crippen LogP contribution >= 0.6 is 7.60 Å². The molecule has 3 amide bonds. The number of piperazine rings is 1. The van der Waals surface area contributed by atoms with Crippen molar-refractivity contribution in [2.24, 2.45) is 0 Å². The van der Waals surface area contributed by atoms with Crippen LogP contribution in [0.25, 0.3) is 11.3 Å². The summed E-state index contributed by atoms with van der Waals surface area (Å²) in [5.41, 5.74) is 2.00. The van der Waals surface area contributed by atoms with E-state index in [1.807, 2.05) is 41.3 Å². The highest BCUT2D eigenvalue weighted by Crippen LogP contribution is 2.42. The second kappa shape index (κ2) is 14.1. The molecular weight excluding hydrogens is 565 g/mol. The van der Waals surface area contributed by atoms with E-state index in [1.165, 1.54) is 9.80 Å². The fourth-order valence-corrected chi connectivity index (χ4v) is 6.21. The van der Waals surface area contributed by atoms with Gasteiger partial charge >= 0.3 is 13.7 Å². The van der Waals surface area contributed by atoms with E-state index in [1.54, 1.807) is 19.9 Å². The maximum Gasteiger partial charge on any atom is 0.409 e. The number of amides is 3. The van der Waals surface area contributed by atoms with Crippen LogP contribution in [-0.4, -0.2) is 113 Å². The van der Waals surface area contributed by atoms with E-state index in [-0.39, 0.29) is 45.1 Å². The Morgan fingerprint density at radius 2 is 1.74 bits per heavy atom. The molecule has 0 radical (unpaired) electrons. The number of rotatable bonds is 10. The Morgan fingerprint density at radius 1 is 1.05 bits per heavy atom. The van der Waals surface area contributed by atoms with Crippen molar-refractivity contribution in [3.05, 3.63) is 48.2 Å². The van der Waals surface area contributed by atoms with Crippen LogP contribution in [0.15, 0.2) is 42.5 Å². The molecule has 3 atom stereocenters. The van der Waals surface area contributed by atoms with Gasteiger partial charge in [0.1, 0.15) is 11.7 Å². The van der Waals surface area contributed by atoms with Crippen LogP contribution in [-0.2, 0) is 18.6 Å². The van der Waals surface area contributed by atoms with Crippen molar-refractivity contribution in [2.45, 2.75) is 32.4 Å². The molecule has 14 heteroatoms. The zero-order valence-electron chi connectivity index (χ0n) is 23.8. The number of hydrogen-bond donors (Lipinski definition) is 3. The van der Waals surface area contributed by atoms with E-state index in [0.29, 0.717) is 30.9 Å². The number of nitrogens with zero attached hydrogens (tertiary/aromatic N) is 4. The maximum absolute atomic E-state index is 13.6. The molecule has 228 valence electrons. The van der Waals surface area contributed by atoms with Crippen molar-refractivity contribution in [3.8, 4) is 11.3 Å². The predicted molar refractivity (Wildman–Crippen MR) is 155 cm³/mol. The molecule has 0 spiro atoms. The van der Waals surface area contributed by atoms with Crippen LogP contribution in [0.1, 0.15) is 30.8 Å². The van der Waals surface area contributed by atoms with Gasteiger partial charge < -0.3 is 39.3 Å². The summed E-state index contributed by atoms with van der Waals surface area (Å²) in [7, 11) is -4.23. The molecule has 2 aromatic rings. The topological polar surface area (TPSA) is 162 Å². The van der Waals surface area contributed by atoms with Gasteiger partial charge in [0, 0.05) is 50.5 Å². The van der Waals surface area contributed by atoms with E-state index in [4.69, 9.17) is 9.26 Å². The first-order chi connectivity index (χ1) is 20.1. The second-order valence-electron chi connectivity index (χ2n) is 10.1. The largest absolute Gasteiger partial charge is 0.450 e. The quantitative estimate of drug-likeness (QED) is 0.342. The first kappa shape index (κ1) is 31.4. The van der Waals surface area contributed by atoms with Gasteiger partial charge in [-0.2, -0.15) is 0 Å². The number of hydrogen-bond acceptors (Lipinski definition) is 9. The molecule has 3 unspecified atom stereocenters. The van der Waals surface area contributed by atoms with Crippen molar-refractivity contribution in [1.29, 1.82) is 0 Å². The Hall–Kier alpha value is -3.51. The second-order valence-corrected chi connectivity index (χ2v) is 12.0. The van der Waals surface area contributed by atoms with Crippen LogP contribution in [0, 0.1) is 0 Å². The summed E-state index contributed by atoms with van der Waals surface area (Å²) in [6, 6.07) is 11.3. The number of benzene rings is 1. The van der Waals surface area contributed by atoms with Gasteiger partial charge in [-0.15, -0.1) is 0 Å². The SMILES string of the molecule is CCOC(=O)N1CCN(C(=O)C(CP(=O)(O)OCC)NC(=O)c2cc(N3CCC(O)C3)cc(-c3ccccc3)n2)CC1. The average molecular weight is 604 g/mol. The molecule has 2 aliphatic rings. The first-order valence-corrected chi connectivity index (χ1v) is 15.8. The molecule has 0 bridgehead atoms. The van der Waals surface area contributed by atoms with Gasteiger partial charge in [-0.3, -0.25) is 14.2 Å². The number of carbonyl (C=O) groups excluding carboxylic acids is 3. The van der Waals surface area contributed by atoms with Gasteiger partial charge in [-0.1, -0.05) is 30.3 Å². The summed E-state index contributed by atoms with van der Waals surface area (Å²) in [6.07, 6.45) is -1.00. The summed E-state index contributed by atoms with van der Waals surface area (Å²) >= 11 is 0. The number of anilines is 1. The van der Waals surface area contributed by atoms with Crippen LogP contribution in [0.4, 0.5) is 10.5 Å². The fraction of sp³-hybridized carbons (Fsp3) is 0.500. The summed E-state index contributed by atoms with van der Waals surface area (Å²) in [4.78, 5) is 59.1. The number of aromatic nitrogens is 1. The Labute approximate surface area is 244 Å². The Kier molecular flexibility index (Phi) is 10.6. The third kappa shape index (κ3) is 8.07. The van der Waals surface area contributed by atoms with Gasteiger partial charge in [0.15, 0.2) is 0 Å². The molecule has 0 saturated carbocycles. The summed E-state index contributed by atoms with van der Waals surface area (Å²) in [5, 5.41) is 12.7. The zero-order chi connectivity index (χ0) is 30.3. The molecule has 2 aliphatic heterocycles. The van der Waals surface area contributed by atoms with E-state index in [0.717, 1.165) is 5.56 Å². The number of nitrogens with one attached hydrogen (secondary N) is 1. The summed E-state index contributed by atoms with van der Waals surface area (Å²) in [5.74, 6) is -1.27. The Balaban J connectivity index is 1.58. The number of ether oxygens (including phenoxy) is 1. The highest BCUT2D eigenvalue weighted by atomic mass is 31.2. The lowest BCUT2D eigenvalue weighted by atomic mass is 10.1. The highest BCUT2D eigenvalue weighted by molar-refractivity contribution is 7.52. The Morgan fingerprint density at radius 3 is 2.36 bits per heavy atom. The van der Waals surface area contributed by atoms with Crippen molar-refractivity contribution in [2.75, 3.05) is 63.5 Å². The third-order valence-corrected chi connectivity index (χ3v) is 8.59. The maximum atomic E-state index is 13.6. The number of aliphatic hydroxyl groups excluding tert-OH is 1. The number of carbonyl (C=O) groups is 3. The normalized spacial score (nSPS) is 19.2. The van der Waals surface area contributed by atoms with E-state index >= 15 is 0 Å². The molecule has 2 fully saturated rings. The minimum absolute atomic E-state index is 0.0156. The first-order valence-electron chi connectivity index (χ1n) is 14.1. The summed E-state index contributed by atoms with van der Waals surface area (Å²) in [6.45, 7) is 5.22. The fourth-order valence-electron chi connectivity index (χ4n) is 5.00. The van der Waals surface area contributed by atoms with E-state index in [2.05, 4.69) is 10.3 Å². The zero-order valence-corrected chi connectivity index (χ0v) is 24.7. The smallest absolute Gasteiger partial charge is 0.409 e. The van der Waals surface area contributed by atoms with Gasteiger partial charge in [-0.25, -0.2) is 9.78 Å². The monoisotopic (exact) mass is 603 g/mol. The lowest BCUT2D eigenvalue weighted by Gasteiger charge is -2.36. The molecule has 13 nitrogen and oxygen atoms in total. The van der Waals surface area contributed by atoms with Crippen molar-refractivity contribution in [3.63, 3.8) is 0 Å². The highest BCUT2D eigenvalue weighted by Gasteiger charge is 2.36. The molecule has 1 aromatic carbocycles. The minimum Gasteiger partial charge on any atom is -0.450 e. The van der Waals surface area contributed by atoms with Gasteiger partial charge in [-0.05, 0) is 32.4 Å². The lowest BCUT2D eigenvalue weighted by Crippen LogP contribution is -2.56. The van der Waals surface area contributed by atoms with Crippen LogP contribution < -0.4 is 10.2 Å². The number of aliphatic hydroxyl groups is 1. The van der Waals surface area contributed by atoms with E-state index < -0.39 is 43.8 Å². The van der Waals surface area contributed by atoms with Gasteiger partial charge in [0.25, 0.3) is 5.91 Å². The van der Waals surface area contributed by atoms with Crippen LogP contribution in [0.2, 0.25) is 0 Å². The van der Waals surface area contributed by atoms with Gasteiger partial charge in [0.2, 0.25) is 5.91 Å². The van der Waals surface area contributed by atoms with Crippen LogP contribution in [0.5, 0.6) is 0 Å². The number of pyridine rings is 1.